The fourth-order valence-corrected chi connectivity index (χ4v) is 3.30. The van der Waals surface area contributed by atoms with E-state index in [9.17, 15) is 14.0 Å². The number of H-pyrrole nitrogens is 1. The number of hydrogen-bond donors (Lipinski definition) is 1. The van der Waals surface area contributed by atoms with Gasteiger partial charge in [0.25, 0.3) is 11.5 Å². The largest absolute Gasteiger partial charge is 0.327 e. The van der Waals surface area contributed by atoms with Gasteiger partial charge in [0.1, 0.15) is 11.6 Å². The number of rotatable bonds is 5. The highest BCUT2D eigenvalue weighted by atomic mass is 19.1. The van der Waals surface area contributed by atoms with Gasteiger partial charge in [0.05, 0.1) is 17.4 Å². The number of nitrogens with zero attached hydrogens (tertiary/aromatic N) is 2. The van der Waals surface area contributed by atoms with Crippen molar-refractivity contribution in [2.45, 2.75) is 20.0 Å². The van der Waals surface area contributed by atoms with Gasteiger partial charge in [-0.15, -0.1) is 0 Å². The number of hydrogen-bond acceptors (Lipinski definition) is 3. The van der Waals surface area contributed by atoms with Gasteiger partial charge in [0.2, 0.25) is 0 Å². The van der Waals surface area contributed by atoms with Crippen molar-refractivity contribution < 1.29 is 9.18 Å². The summed E-state index contributed by atoms with van der Waals surface area (Å²) in [6.07, 6.45) is 0. The Morgan fingerprint density at radius 1 is 1.00 bits per heavy atom. The van der Waals surface area contributed by atoms with Crippen molar-refractivity contribution >= 4 is 16.8 Å². The third kappa shape index (κ3) is 4.12. The summed E-state index contributed by atoms with van der Waals surface area (Å²) < 4.78 is 14.1. The number of aryl methyl sites for hydroxylation is 1. The Balaban J connectivity index is 1.70. The van der Waals surface area contributed by atoms with Crippen molar-refractivity contribution in [1.29, 1.82) is 0 Å². The first-order valence-electron chi connectivity index (χ1n) is 9.58. The number of para-hydroxylation sites is 1. The van der Waals surface area contributed by atoms with Crippen LogP contribution in [0.3, 0.4) is 0 Å². The number of fused-ring (bicyclic) bond motifs is 1. The zero-order valence-electron chi connectivity index (χ0n) is 16.4. The summed E-state index contributed by atoms with van der Waals surface area (Å²) in [7, 11) is 0. The van der Waals surface area contributed by atoms with E-state index in [-0.39, 0.29) is 23.6 Å². The Labute approximate surface area is 172 Å². The van der Waals surface area contributed by atoms with E-state index in [2.05, 4.69) is 9.97 Å². The van der Waals surface area contributed by atoms with Crippen LogP contribution in [0.5, 0.6) is 0 Å². The molecular weight excluding hydrogens is 381 g/mol. The molecular formula is C24H20FN3O2. The highest BCUT2D eigenvalue weighted by Gasteiger charge is 2.19. The van der Waals surface area contributed by atoms with Crippen LogP contribution in [0.25, 0.3) is 10.9 Å². The number of amides is 1. The number of aromatic amines is 1. The Morgan fingerprint density at radius 3 is 2.50 bits per heavy atom. The molecule has 4 rings (SSSR count). The Morgan fingerprint density at radius 2 is 1.73 bits per heavy atom. The minimum atomic E-state index is -0.433. The Hall–Kier alpha value is -3.80. The Bertz CT molecular complexity index is 1270. The van der Waals surface area contributed by atoms with Crippen molar-refractivity contribution in [1.82, 2.24) is 14.9 Å². The molecule has 150 valence electrons. The lowest BCUT2D eigenvalue weighted by molar-refractivity contribution is 0.0725. The van der Waals surface area contributed by atoms with E-state index in [0.29, 0.717) is 28.8 Å². The molecule has 5 nitrogen and oxygen atoms in total. The summed E-state index contributed by atoms with van der Waals surface area (Å²) in [6, 6.07) is 21.0. The monoisotopic (exact) mass is 401 g/mol. The molecule has 0 saturated heterocycles. The quantitative estimate of drug-likeness (QED) is 0.545. The predicted octanol–water partition coefficient (Wildman–Crippen LogP) is 4.21. The average Bonchev–Trinajstić information content (AvgIpc) is 2.75. The highest BCUT2D eigenvalue weighted by Crippen LogP contribution is 2.16. The van der Waals surface area contributed by atoms with Crippen LogP contribution in [0, 0.1) is 12.7 Å². The van der Waals surface area contributed by atoms with E-state index in [1.165, 1.54) is 6.07 Å². The molecule has 0 atom stereocenters. The summed E-state index contributed by atoms with van der Waals surface area (Å²) in [5.41, 5.74) is 1.94. The lowest BCUT2D eigenvalue weighted by atomic mass is 10.1. The maximum absolute atomic E-state index is 14.1. The van der Waals surface area contributed by atoms with Gasteiger partial charge < -0.3 is 9.88 Å². The number of nitrogens with one attached hydrogen (secondary N) is 1. The van der Waals surface area contributed by atoms with Crippen LogP contribution >= 0.6 is 0 Å². The van der Waals surface area contributed by atoms with Crippen molar-refractivity contribution in [3.05, 3.63) is 111 Å². The second-order valence-electron chi connectivity index (χ2n) is 7.14. The minimum absolute atomic E-state index is 0.0866. The lowest BCUT2D eigenvalue weighted by Gasteiger charge is -2.23. The smallest absolute Gasteiger partial charge is 0.258 e. The van der Waals surface area contributed by atoms with Gasteiger partial charge in [-0.3, -0.25) is 9.59 Å². The zero-order chi connectivity index (χ0) is 21.1. The summed E-state index contributed by atoms with van der Waals surface area (Å²) in [4.78, 5) is 34.4. The van der Waals surface area contributed by atoms with Crippen LogP contribution in [0.2, 0.25) is 0 Å². The number of benzene rings is 3. The van der Waals surface area contributed by atoms with E-state index < -0.39 is 5.82 Å². The number of carbonyl (C=O) groups excluding carboxylic acids is 1. The van der Waals surface area contributed by atoms with Gasteiger partial charge in [-0.05, 0) is 42.3 Å². The zero-order valence-corrected chi connectivity index (χ0v) is 16.4. The first-order chi connectivity index (χ1) is 14.5. The van der Waals surface area contributed by atoms with Crippen LogP contribution < -0.4 is 5.56 Å². The highest BCUT2D eigenvalue weighted by molar-refractivity contribution is 5.94. The maximum atomic E-state index is 14.1. The molecule has 0 saturated carbocycles. The molecule has 1 heterocycles. The molecule has 0 aliphatic rings. The first-order valence-corrected chi connectivity index (χ1v) is 9.58. The molecule has 0 radical (unpaired) electrons. The second-order valence-corrected chi connectivity index (χ2v) is 7.14. The summed E-state index contributed by atoms with van der Waals surface area (Å²) in [5.74, 6) is -0.401. The molecule has 30 heavy (non-hydrogen) atoms. The van der Waals surface area contributed by atoms with Crippen LogP contribution in [0.1, 0.15) is 27.3 Å². The van der Waals surface area contributed by atoms with Crippen molar-refractivity contribution in [3.8, 4) is 0 Å². The van der Waals surface area contributed by atoms with E-state index in [4.69, 9.17) is 0 Å². The number of aromatic nitrogens is 2. The van der Waals surface area contributed by atoms with E-state index >= 15 is 0 Å². The summed E-state index contributed by atoms with van der Waals surface area (Å²) >= 11 is 0. The second kappa shape index (κ2) is 8.29. The molecule has 4 aromatic rings. The lowest BCUT2D eigenvalue weighted by Crippen LogP contribution is -2.32. The maximum Gasteiger partial charge on any atom is 0.258 e. The molecule has 6 heteroatoms. The molecule has 3 aromatic carbocycles. The van der Waals surface area contributed by atoms with Crippen LogP contribution in [0.4, 0.5) is 4.39 Å². The Kier molecular flexibility index (Phi) is 5.39. The van der Waals surface area contributed by atoms with E-state index in [1.54, 1.807) is 48.2 Å². The van der Waals surface area contributed by atoms with Gasteiger partial charge >= 0.3 is 0 Å². The number of halogens is 1. The van der Waals surface area contributed by atoms with Crippen molar-refractivity contribution in [2.75, 3.05) is 0 Å². The molecule has 0 aliphatic heterocycles. The third-order valence-corrected chi connectivity index (χ3v) is 4.92. The molecule has 0 spiro atoms. The fourth-order valence-electron chi connectivity index (χ4n) is 3.30. The molecule has 0 fully saturated rings. The summed E-state index contributed by atoms with van der Waals surface area (Å²) in [5, 5.41) is 0.489. The molecule has 1 aromatic heterocycles. The van der Waals surface area contributed by atoms with Gasteiger partial charge in [-0.25, -0.2) is 9.37 Å². The third-order valence-electron chi connectivity index (χ3n) is 4.92. The van der Waals surface area contributed by atoms with E-state index in [1.807, 2.05) is 30.3 Å². The topological polar surface area (TPSA) is 66.1 Å². The SMILES string of the molecule is Cc1ccc(C(=O)N(Cc2ccccc2)Cc2nc3ccccc3c(=O)[nH]2)cc1F. The van der Waals surface area contributed by atoms with Crippen LogP contribution in [0.15, 0.2) is 77.6 Å². The number of carbonyl (C=O) groups is 1. The summed E-state index contributed by atoms with van der Waals surface area (Å²) in [6.45, 7) is 2.03. The van der Waals surface area contributed by atoms with Gasteiger partial charge in [-0.1, -0.05) is 48.5 Å². The average molecular weight is 401 g/mol. The fraction of sp³-hybridized carbons (Fsp3) is 0.125. The molecule has 0 aliphatic carbocycles. The van der Waals surface area contributed by atoms with Crippen molar-refractivity contribution in [3.63, 3.8) is 0 Å². The molecule has 0 unspecified atom stereocenters. The van der Waals surface area contributed by atoms with Crippen molar-refractivity contribution in [2.24, 2.45) is 0 Å². The van der Waals surface area contributed by atoms with E-state index in [0.717, 1.165) is 5.56 Å². The van der Waals surface area contributed by atoms with Gasteiger partial charge in [-0.2, -0.15) is 0 Å². The minimum Gasteiger partial charge on any atom is -0.327 e. The molecule has 0 bridgehead atoms. The normalized spacial score (nSPS) is 10.9. The first kappa shape index (κ1) is 19.5. The predicted molar refractivity (Wildman–Crippen MR) is 114 cm³/mol. The van der Waals surface area contributed by atoms with Gasteiger partial charge in [0, 0.05) is 12.1 Å². The van der Waals surface area contributed by atoms with Crippen LogP contribution in [-0.4, -0.2) is 20.8 Å². The molecule has 1 amide bonds. The standard InChI is InChI=1S/C24H20FN3O2/c1-16-11-12-18(13-20(16)25)24(30)28(14-17-7-3-2-4-8-17)15-22-26-21-10-6-5-9-19(21)23(29)27-22/h2-13H,14-15H2,1H3,(H,26,27,29). The molecule has 1 N–H and O–H groups in total. The van der Waals surface area contributed by atoms with Gasteiger partial charge in [0.15, 0.2) is 0 Å². The van der Waals surface area contributed by atoms with Crippen LogP contribution in [-0.2, 0) is 13.1 Å².